The van der Waals surface area contributed by atoms with E-state index in [1.54, 1.807) is 12.2 Å². The Bertz CT molecular complexity index is 2580. The first kappa shape index (κ1) is 72.0. The maximum Gasteiger partial charge on any atom is 0.342 e. The zero-order chi connectivity index (χ0) is 62.5. The Morgan fingerprint density at radius 3 is 1.28 bits per heavy atom. The molecule has 6 atom stereocenters. The second kappa shape index (κ2) is 29.7. The number of carbonyl (C=O) groups excluding carboxylic acids is 3. The number of aliphatic carboxylic acids is 1. The number of fused-ring (bicyclic) bond motifs is 2. The fraction of sp³-hybridized carbons (Fsp3) is 0.688. The molecule has 0 aliphatic carbocycles. The van der Waals surface area contributed by atoms with Crippen LogP contribution in [0.15, 0.2) is 65.8 Å². The molecule has 460 valence electrons. The number of rotatable bonds is 14. The van der Waals surface area contributed by atoms with E-state index in [0.717, 1.165) is 68.6 Å². The van der Waals surface area contributed by atoms with E-state index in [1.165, 1.54) is 6.08 Å². The Morgan fingerprint density at radius 2 is 0.951 bits per heavy atom. The summed E-state index contributed by atoms with van der Waals surface area (Å²) >= 11 is 0. The SMILES string of the molecule is C[C@H]1CCCCc2cccc(O[Si](C)(C)C(C)(C)C)c2C(=O)OC(C/C=C/C(=O)N=[N+]=[N-])C[C@H]1O[Si](C)(C)C(C)(C)C.C[C@H]1CCCCc2cccc(O[Si](C)(C)C(C)(C)C)c2C(=O)OC(C/C=C/C(=O)O)C[C@H]1O[Si](C)(C)C(C)(C)C. The molecule has 2 aromatic carbocycles. The average Bonchev–Trinajstić information content (AvgIpc) is 3.38. The van der Waals surface area contributed by atoms with Crippen molar-refractivity contribution in [3.8, 4) is 11.5 Å². The smallest absolute Gasteiger partial charge is 0.342 e. The van der Waals surface area contributed by atoms with E-state index >= 15 is 0 Å². The number of esters is 2. The number of nitrogens with zero attached hydrogens (tertiary/aromatic N) is 3. The minimum atomic E-state index is -2.24. The second-order valence-electron chi connectivity index (χ2n) is 29.3. The van der Waals surface area contributed by atoms with Crippen LogP contribution < -0.4 is 8.85 Å². The third-order valence-corrected chi connectivity index (χ3v) is 36.2. The Kier molecular flexibility index (Phi) is 26.0. The molecule has 82 heavy (non-hydrogen) atoms. The number of hydrogen-bond donors (Lipinski definition) is 1. The number of hydrogen-bond acceptors (Lipinski definition) is 10. The highest BCUT2D eigenvalue weighted by molar-refractivity contribution is 6.75. The van der Waals surface area contributed by atoms with Crippen LogP contribution >= 0.6 is 0 Å². The van der Waals surface area contributed by atoms with Gasteiger partial charge in [0.15, 0.2) is 16.6 Å². The van der Waals surface area contributed by atoms with Crippen LogP contribution in [-0.4, -0.2) is 86.6 Å². The van der Waals surface area contributed by atoms with Gasteiger partial charge < -0.3 is 32.3 Å². The molecule has 4 rings (SSSR count). The molecule has 18 heteroatoms. The van der Waals surface area contributed by atoms with Gasteiger partial charge in [-0.2, -0.15) is 0 Å². The molecule has 0 radical (unpaired) electrons. The number of cyclic esters (lactones) is 2. The topological polar surface area (TPSA) is 193 Å². The van der Waals surface area contributed by atoms with Gasteiger partial charge in [0.1, 0.15) is 34.8 Å². The van der Waals surface area contributed by atoms with Gasteiger partial charge in [-0.1, -0.05) is 146 Å². The number of azide groups is 1. The molecule has 2 aliphatic rings. The van der Waals surface area contributed by atoms with Gasteiger partial charge in [0.25, 0.3) is 16.6 Å². The van der Waals surface area contributed by atoms with Crippen molar-refractivity contribution < 1.29 is 51.5 Å². The number of ether oxygens (including phenoxy) is 2. The first-order valence-electron chi connectivity index (χ1n) is 30.1. The maximum absolute atomic E-state index is 14.0. The number of carbonyl (C=O) groups is 4. The summed E-state index contributed by atoms with van der Waals surface area (Å²) < 4.78 is 39.8. The molecule has 2 aromatic rings. The summed E-state index contributed by atoms with van der Waals surface area (Å²) in [5.74, 6) is -0.806. The molecule has 0 fully saturated rings. The zero-order valence-electron chi connectivity index (χ0n) is 54.6. The lowest BCUT2D eigenvalue weighted by Crippen LogP contribution is -2.46. The molecule has 0 spiro atoms. The molecule has 2 aliphatic heterocycles. The Hall–Kier alpha value is -4.30. The monoisotopic (exact) mass is 1210 g/mol. The van der Waals surface area contributed by atoms with E-state index in [0.29, 0.717) is 48.3 Å². The van der Waals surface area contributed by atoms with Crippen LogP contribution in [0.5, 0.6) is 11.5 Å². The van der Waals surface area contributed by atoms with Crippen molar-refractivity contribution in [2.45, 2.75) is 271 Å². The van der Waals surface area contributed by atoms with Crippen LogP contribution in [0, 0.1) is 11.8 Å². The van der Waals surface area contributed by atoms with Crippen molar-refractivity contribution in [2.24, 2.45) is 17.0 Å². The van der Waals surface area contributed by atoms with Gasteiger partial charge in [0, 0.05) is 36.7 Å². The van der Waals surface area contributed by atoms with E-state index in [-0.39, 0.29) is 44.2 Å². The third kappa shape index (κ3) is 21.3. The van der Waals surface area contributed by atoms with Gasteiger partial charge in [-0.3, -0.25) is 4.79 Å². The summed E-state index contributed by atoms with van der Waals surface area (Å²) in [6, 6.07) is 11.7. The first-order chi connectivity index (χ1) is 37.5. The molecule has 0 aromatic heterocycles. The Morgan fingerprint density at radius 1 is 0.598 bits per heavy atom. The lowest BCUT2D eigenvalue weighted by atomic mass is 9.91. The van der Waals surface area contributed by atoms with Crippen molar-refractivity contribution >= 4 is 57.1 Å². The van der Waals surface area contributed by atoms with Crippen LogP contribution in [0.4, 0.5) is 0 Å². The van der Waals surface area contributed by atoms with E-state index in [9.17, 15) is 24.3 Å². The lowest BCUT2D eigenvalue weighted by Gasteiger charge is -2.42. The van der Waals surface area contributed by atoms with Crippen LogP contribution in [0.25, 0.3) is 10.4 Å². The largest absolute Gasteiger partial charge is 0.543 e. The maximum atomic E-state index is 14.0. The fourth-order valence-corrected chi connectivity index (χ4v) is 13.9. The summed E-state index contributed by atoms with van der Waals surface area (Å²) in [5, 5.41) is 12.3. The highest BCUT2D eigenvalue weighted by atomic mass is 28.4. The third-order valence-electron chi connectivity index (χ3n) is 18.5. The molecule has 2 unspecified atom stereocenters. The molecule has 0 saturated heterocycles. The van der Waals surface area contributed by atoms with E-state index in [4.69, 9.17) is 32.7 Å². The van der Waals surface area contributed by atoms with Gasteiger partial charge in [0.05, 0.1) is 12.2 Å². The van der Waals surface area contributed by atoms with Gasteiger partial charge in [-0.25, -0.2) is 14.4 Å². The fourth-order valence-electron chi connectivity index (χ4n) is 8.94. The number of carboxylic acids is 1. The number of aryl methyl sites for hydroxylation is 2. The van der Waals surface area contributed by atoms with Crippen molar-refractivity contribution in [1.29, 1.82) is 0 Å². The van der Waals surface area contributed by atoms with Gasteiger partial charge in [0.2, 0.25) is 5.91 Å². The van der Waals surface area contributed by atoms with Crippen molar-refractivity contribution in [3.05, 3.63) is 93.4 Å². The second-order valence-corrected chi connectivity index (χ2v) is 48.2. The predicted molar refractivity (Wildman–Crippen MR) is 343 cm³/mol. The quantitative estimate of drug-likeness (QED) is 0.0472. The van der Waals surface area contributed by atoms with Crippen LogP contribution in [0.2, 0.25) is 72.5 Å². The number of benzene rings is 2. The summed E-state index contributed by atoms with van der Waals surface area (Å²) in [6.07, 6.45) is 13.4. The highest BCUT2D eigenvalue weighted by Gasteiger charge is 2.45. The van der Waals surface area contributed by atoms with Crippen molar-refractivity contribution in [1.82, 2.24) is 0 Å². The predicted octanol–water partition coefficient (Wildman–Crippen LogP) is 18.3. The normalized spacial score (nSPS) is 21.8. The molecular weight excluding hydrogens is 1100 g/mol. The Balaban J connectivity index is 0.000000431. The molecule has 1 N–H and O–H groups in total. The lowest BCUT2D eigenvalue weighted by molar-refractivity contribution is -0.131. The van der Waals surface area contributed by atoms with Gasteiger partial charge in [-0.15, -0.1) is 0 Å². The van der Waals surface area contributed by atoms with Gasteiger partial charge in [-0.05, 0) is 163 Å². The summed E-state index contributed by atoms with van der Waals surface area (Å²) in [6.45, 7) is 48.6. The van der Waals surface area contributed by atoms with Crippen molar-refractivity contribution in [3.63, 3.8) is 0 Å². The highest BCUT2D eigenvalue weighted by Crippen LogP contribution is 2.44. The summed E-state index contributed by atoms with van der Waals surface area (Å²) in [4.78, 5) is 53.6. The average molecular weight is 1210 g/mol. The number of amides is 1. The van der Waals surface area contributed by atoms with E-state index in [2.05, 4.69) is 159 Å². The van der Waals surface area contributed by atoms with Crippen LogP contribution in [-0.2, 0) is 40.8 Å². The summed E-state index contributed by atoms with van der Waals surface area (Å²) in [7, 11) is -8.68. The zero-order valence-corrected chi connectivity index (χ0v) is 58.6. The standard InChI is InChI=1S/C32H53N3O5Si2.C32H54O6Si2/c1-23-16-12-13-17-24-18-14-20-26(39-41(8,9)31(2,3)4)29(24)30(37)38-25(19-15-21-28(36)34-35-33)22-27(23)40-42(10,11)32(5,6)7;1-23-16-12-13-17-24-18-14-20-26(37-39(8,9)31(2,3)4)29(24)30(35)36-25(19-15-21-28(33)34)22-27(23)38-40(10,11)32(5,6)7/h14-15,18,20-21,23,25,27H,12-13,16-17,19,22H2,1-11H3;14-15,18,20-21,23,25,27H,12-13,16-17,19,22H2,1-11H3,(H,33,34)/b2*21-15+/t2*23-,25?,27+/m00/s1. The van der Waals surface area contributed by atoms with E-state index in [1.807, 2.05) is 36.4 Å². The summed E-state index contributed by atoms with van der Waals surface area (Å²) in [5.41, 5.74) is 11.5. The van der Waals surface area contributed by atoms with Crippen molar-refractivity contribution in [2.75, 3.05) is 0 Å². The number of carboxylic acid groups (broad SMARTS) is 1. The molecule has 14 nitrogen and oxygen atoms in total. The minimum Gasteiger partial charge on any atom is -0.543 e. The Labute approximate surface area is 498 Å². The molecular formula is C64H107N3O11Si4. The van der Waals surface area contributed by atoms with Crippen LogP contribution in [0.3, 0.4) is 0 Å². The van der Waals surface area contributed by atoms with E-state index < -0.39 is 69.3 Å². The first-order valence-corrected chi connectivity index (χ1v) is 41.7. The molecule has 0 bridgehead atoms. The van der Waals surface area contributed by atoms with Crippen LogP contribution in [0.1, 0.15) is 193 Å². The van der Waals surface area contributed by atoms with Gasteiger partial charge >= 0.3 is 17.9 Å². The molecule has 1 amide bonds. The molecule has 2 heterocycles. The molecule has 0 saturated carbocycles. The minimum absolute atomic E-state index is 0.0269.